The maximum absolute atomic E-state index is 12.2. The largest absolute Gasteiger partial charge is 0.478 e. The first-order valence-electron chi connectivity index (χ1n) is 13.0. The van der Waals surface area contributed by atoms with Crippen molar-refractivity contribution in [2.75, 3.05) is 0 Å². The molecule has 5 rings (SSSR count). The quantitative estimate of drug-likeness (QED) is 0.153. The molecule has 0 bridgehead atoms. The maximum Gasteiger partial charge on any atom is 0.414 e. The molecule has 3 N–H and O–H groups in total. The molecule has 0 aliphatic rings. The minimum atomic E-state index is -4.71. The normalized spacial score (nSPS) is 12.0. The number of carboxylic acids is 1. The van der Waals surface area contributed by atoms with Crippen LogP contribution >= 0.6 is 9.03 Å². The van der Waals surface area contributed by atoms with Gasteiger partial charge in [0.1, 0.15) is 11.5 Å². The highest BCUT2D eigenvalue weighted by atomic mass is 31.1. The van der Waals surface area contributed by atoms with E-state index in [2.05, 4.69) is 0 Å². The molecular formula is C33H30F3O6P. The fourth-order valence-electron chi connectivity index (χ4n) is 3.57. The van der Waals surface area contributed by atoms with Gasteiger partial charge in [-0.15, -0.1) is 0 Å². The topological polar surface area (TPSA) is 96.2 Å². The summed E-state index contributed by atoms with van der Waals surface area (Å²) in [7, 11) is -0.0129. The Labute approximate surface area is 248 Å². The Bertz CT molecular complexity index is 1480. The van der Waals surface area contributed by atoms with Crippen LogP contribution in [0.15, 0.2) is 133 Å². The van der Waals surface area contributed by atoms with E-state index in [1.165, 1.54) is 0 Å². The van der Waals surface area contributed by atoms with Gasteiger partial charge in [0.05, 0.1) is 11.7 Å². The van der Waals surface area contributed by atoms with Crippen molar-refractivity contribution in [3.05, 3.63) is 145 Å². The number of aliphatic hydroxyl groups excluding tert-OH is 2. The number of carbonyl (C=O) groups is 1. The van der Waals surface area contributed by atoms with E-state index in [0.29, 0.717) is 11.1 Å². The zero-order chi connectivity index (χ0) is 31.1. The SMILES string of the molecule is O=C(O)c1ccccc1.OC(CC(O)C(F)(F)F)c1ccc2ccccc2c1.c1ccc(OPOc2ccccc2)cc1. The fraction of sp³-hybridized carbons (Fsp3) is 0.121. The van der Waals surface area contributed by atoms with Gasteiger partial charge in [-0.1, -0.05) is 91.0 Å². The van der Waals surface area contributed by atoms with Crippen LogP contribution in [0.4, 0.5) is 13.2 Å². The minimum Gasteiger partial charge on any atom is -0.478 e. The average molecular weight is 611 g/mol. The molecule has 0 aliphatic carbocycles. The standard InChI is InChI=1S/C14H13F3O2.C12H11O2P.C7H6O2/c15-14(16,17)13(19)8-12(18)11-6-5-9-3-1-2-4-10(9)7-11;1-3-7-11(8-4-1)13-15-14-12-9-5-2-6-10-12;8-7(9)6-4-2-1-3-5-6/h1-7,12-13,18-19H,8H2;1-10,15H;1-5H,(H,8,9). The van der Waals surface area contributed by atoms with E-state index in [1.807, 2.05) is 84.9 Å². The summed E-state index contributed by atoms with van der Waals surface area (Å²) < 4.78 is 47.5. The minimum absolute atomic E-state index is 0.0129. The van der Waals surface area contributed by atoms with Crippen molar-refractivity contribution in [2.24, 2.45) is 0 Å². The van der Waals surface area contributed by atoms with E-state index in [-0.39, 0.29) is 9.03 Å². The summed E-state index contributed by atoms with van der Waals surface area (Å²) in [5.74, 6) is 0.772. The highest BCUT2D eigenvalue weighted by molar-refractivity contribution is 7.27. The van der Waals surface area contributed by atoms with Gasteiger partial charge in [-0.2, -0.15) is 13.2 Å². The number of aromatic carboxylic acids is 1. The second-order valence-electron chi connectivity index (χ2n) is 9.00. The number of rotatable bonds is 8. The summed E-state index contributed by atoms with van der Waals surface area (Å²) in [6.07, 6.45) is -9.34. The van der Waals surface area contributed by atoms with E-state index in [0.717, 1.165) is 22.3 Å². The summed E-state index contributed by atoms with van der Waals surface area (Å²) in [6, 6.07) is 39.8. The predicted octanol–water partition coefficient (Wildman–Crippen LogP) is 8.22. The Kier molecular flexibility index (Phi) is 13.0. The second-order valence-corrected chi connectivity index (χ2v) is 9.58. The van der Waals surface area contributed by atoms with Gasteiger partial charge in [-0.3, -0.25) is 0 Å². The number of fused-ring (bicyclic) bond motifs is 1. The molecular weight excluding hydrogens is 580 g/mol. The van der Waals surface area contributed by atoms with Gasteiger partial charge in [-0.25, -0.2) is 4.79 Å². The molecule has 0 saturated carbocycles. The van der Waals surface area contributed by atoms with Crippen LogP contribution in [0.2, 0.25) is 0 Å². The zero-order valence-electron chi connectivity index (χ0n) is 22.8. The number of aliphatic hydroxyl groups is 2. The van der Waals surface area contributed by atoms with Crippen molar-refractivity contribution >= 4 is 25.8 Å². The van der Waals surface area contributed by atoms with Crippen molar-refractivity contribution in [3.8, 4) is 11.5 Å². The molecule has 0 heterocycles. The second kappa shape index (κ2) is 16.9. The Balaban J connectivity index is 0.000000188. The Morgan fingerprint density at radius 2 is 1.14 bits per heavy atom. The lowest BCUT2D eigenvalue weighted by molar-refractivity contribution is -0.211. The lowest BCUT2D eigenvalue weighted by atomic mass is 10.00. The van der Waals surface area contributed by atoms with E-state index in [1.54, 1.807) is 48.5 Å². The number of para-hydroxylation sites is 2. The number of benzene rings is 5. The number of alkyl halides is 3. The summed E-state index contributed by atoms with van der Waals surface area (Å²) in [4.78, 5) is 10.2. The third kappa shape index (κ3) is 11.8. The highest BCUT2D eigenvalue weighted by Crippen LogP contribution is 2.29. The number of hydrogen-bond donors (Lipinski definition) is 3. The molecule has 5 aromatic carbocycles. The molecule has 0 aromatic heterocycles. The molecule has 224 valence electrons. The van der Waals surface area contributed by atoms with Gasteiger partial charge < -0.3 is 24.4 Å². The molecule has 43 heavy (non-hydrogen) atoms. The number of hydrogen-bond acceptors (Lipinski definition) is 5. The van der Waals surface area contributed by atoms with Crippen molar-refractivity contribution in [1.29, 1.82) is 0 Å². The summed E-state index contributed by atoms with van der Waals surface area (Å²) in [5.41, 5.74) is 0.694. The Morgan fingerprint density at radius 3 is 1.60 bits per heavy atom. The van der Waals surface area contributed by atoms with E-state index in [9.17, 15) is 23.1 Å². The molecule has 2 atom stereocenters. The maximum atomic E-state index is 12.2. The van der Waals surface area contributed by atoms with Gasteiger partial charge >= 0.3 is 12.1 Å². The molecule has 0 fully saturated rings. The monoisotopic (exact) mass is 610 g/mol. The van der Waals surface area contributed by atoms with Crippen LogP contribution in [0.5, 0.6) is 11.5 Å². The fourth-order valence-corrected chi connectivity index (χ4v) is 4.08. The summed E-state index contributed by atoms with van der Waals surface area (Å²) in [5, 5.41) is 28.9. The first-order valence-corrected chi connectivity index (χ1v) is 13.8. The van der Waals surface area contributed by atoms with Crippen LogP contribution in [-0.2, 0) is 0 Å². The molecule has 0 radical (unpaired) electrons. The van der Waals surface area contributed by atoms with E-state index < -0.39 is 30.8 Å². The molecule has 6 nitrogen and oxygen atoms in total. The lowest BCUT2D eigenvalue weighted by Crippen LogP contribution is -2.30. The third-order valence-corrected chi connectivity index (χ3v) is 6.45. The van der Waals surface area contributed by atoms with Crippen LogP contribution in [0.1, 0.15) is 28.4 Å². The van der Waals surface area contributed by atoms with Crippen LogP contribution < -0.4 is 9.05 Å². The Hall–Kier alpha value is -4.43. The van der Waals surface area contributed by atoms with Crippen LogP contribution in [-0.4, -0.2) is 33.6 Å². The average Bonchev–Trinajstić information content (AvgIpc) is 3.02. The highest BCUT2D eigenvalue weighted by Gasteiger charge is 2.39. The smallest absolute Gasteiger partial charge is 0.414 e. The van der Waals surface area contributed by atoms with Crippen LogP contribution in [0.25, 0.3) is 10.8 Å². The first-order chi connectivity index (χ1) is 20.6. The number of carboxylic acid groups (broad SMARTS) is 1. The van der Waals surface area contributed by atoms with Crippen molar-refractivity contribution in [2.45, 2.75) is 24.8 Å². The van der Waals surface area contributed by atoms with E-state index in [4.69, 9.17) is 19.3 Å². The van der Waals surface area contributed by atoms with Gasteiger partial charge in [-0.05, 0) is 58.8 Å². The Morgan fingerprint density at radius 1 is 0.674 bits per heavy atom. The predicted molar refractivity (Wildman–Crippen MR) is 161 cm³/mol. The van der Waals surface area contributed by atoms with Gasteiger partial charge in [0.15, 0.2) is 6.10 Å². The molecule has 5 aromatic rings. The van der Waals surface area contributed by atoms with Crippen molar-refractivity contribution < 1.29 is 42.3 Å². The molecule has 0 aliphatic heterocycles. The van der Waals surface area contributed by atoms with Gasteiger partial charge in [0.2, 0.25) is 0 Å². The summed E-state index contributed by atoms with van der Waals surface area (Å²) >= 11 is 0. The molecule has 2 unspecified atom stereocenters. The lowest BCUT2D eigenvalue weighted by Gasteiger charge is -2.18. The molecule has 10 heteroatoms. The van der Waals surface area contributed by atoms with Crippen LogP contribution in [0.3, 0.4) is 0 Å². The molecule has 0 saturated heterocycles. The number of halogens is 3. The van der Waals surface area contributed by atoms with Gasteiger partial charge in [0, 0.05) is 6.42 Å². The third-order valence-electron chi connectivity index (χ3n) is 5.81. The zero-order valence-corrected chi connectivity index (χ0v) is 23.8. The molecule has 0 amide bonds. The van der Waals surface area contributed by atoms with Crippen molar-refractivity contribution in [3.63, 3.8) is 0 Å². The van der Waals surface area contributed by atoms with E-state index >= 15 is 0 Å². The molecule has 0 spiro atoms. The summed E-state index contributed by atoms with van der Waals surface area (Å²) in [6.45, 7) is 0. The first kappa shape index (κ1) is 33.1. The van der Waals surface area contributed by atoms with Crippen LogP contribution in [0, 0.1) is 0 Å². The van der Waals surface area contributed by atoms with Crippen molar-refractivity contribution in [1.82, 2.24) is 0 Å². The van der Waals surface area contributed by atoms with Gasteiger partial charge in [0.25, 0.3) is 9.03 Å².